The van der Waals surface area contributed by atoms with Crippen molar-refractivity contribution < 1.29 is 9.57 Å². The SMILES string of the molecule is COc1cc(C)cc(ONc2ccc(C)cn2)c1NCc1ccc(C(=N)N(C)C)cc1. The van der Waals surface area contributed by atoms with Gasteiger partial charge in [-0.1, -0.05) is 30.3 Å². The highest BCUT2D eigenvalue weighted by Crippen LogP contribution is 2.36. The summed E-state index contributed by atoms with van der Waals surface area (Å²) in [6, 6.07) is 15.7. The van der Waals surface area contributed by atoms with E-state index in [1.54, 1.807) is 18.2 Å². The van der Waals surface area contributed by atoms with Gasteiger partial charge >= 0.3 is 0 Å². The van der Waals surface area contributed by atoms with Crippen LogP contribution in [0.15, 0.2) is 54.7 Å². The second-order valence-corrected chi connectivity index (χ2v) is 7.56. The predicted molar refractivity (Wildman–Crippen MR) is 125 cm³/mol. The highest BCUT2D eigenvalue weighted by Gasteiger charge is 2.13. The Morgan fingerprint density at radius 1 is 1.00 bits per heavy atom. The van der Waals surface area contributed by atoms with Crippen molar-refractivity contribution in [3.05, 3.63) is 77.0 Å². The number of ether oxygens (including phenoxy) is 1. The van der Waals surface area contributed by atoms with Crippen LogP contribution in [0.2, 0.25) is 0 Å². The number of hydrogen-bond acceptors (Lipinski definition) is 6. The number of nitrogens with zero attached hydrogens (tertiary/aromatic N) is 2. The minimum Gasteiger partial charge on any atom is -0.494 e. The number of anilines is 2. The fraction of sp³-hybridized carbons (Fsp3) is 0.250. The van der Waals surface area contributed by atoms with Crippen molar-refractivity contribution in [2.45, 2.75) is 20.4 Å². The van der Waals surface area contributed by atoms with Crippen LogP contribution < -0.4 is 20.4 Å². The van der Waals surface area contributed by atoms with Gasteiger partial charge in [0.05, 0.1) is 7.11 Å². The molecule has 0 amide bonds. The van der Waals surface area contributed by atoms with Crippen LogP contribution in [-0.4, -0.2) is 36.9 Å². The first kappa shape index (κ1) is 22.0. The zero-order valence-electron chi connectivity index (χ0n) is 18.6. The summed E-state index contributed by atoms with van der Waals surface area (Å²) in [6.07, 6.45) is 1.78. The summed E-state index contributed by atoms with van der Waals surface area (Å²) in [6.45, 7) is 4.55. The van der Waals surface area contributed by atoms with Gasteiger partial charge in [0.1, 0.15) is 17.3 Å². The number of aryl methyl sites for hydroxylation is 2. The number of benzene rings is 2. The van der Waals surface area contributed by atoms with Crippen molar-refractivity contribution in [3.8, 4) is 11.5 Å². The van der Waals surface area contributed by atoms with Crippen LogP contribution in [0, 0.1) is 19.3 Å². The molecule has 0 fully saturated rings. The molecule has 2 aromatic carbocycles. The smallest absolute Gasteiger partial charge is 0.182 e. The molecule has 1 aromatic heterocycles. The van der Waals surface area contributed by atoms with E-state index < -0.39 is 0 Å². The molecule has 0 aliphatic carbocycles. The first-order chi connectivity index (χ1) is 14.9. The maximum absolute atomic E-state index is 8.09. The summed E-state index contributed by atoms with van der Waals surface area (Å²) in [5, 5.41) is 11.5. The normalized spacial score (nSPS) is 10.4. The average molecular weight is 420 g/mol. The van der Waals surface area contributed by atoms with Crippen molar-refractivity contribution in [1.29, 1.82) is 5.41 Å². The van der Waals surface area contributed by atoms with Crippen molar-refractivity contribution >= 4 is 17.3 Å². The predicted octanol–water partition coefficient (Wildman–Crippen LogP) is 4.61. The fourth-order valence-corrected chi connectivity index (χ4v) is 3.00. The van der Waals surface area contributed by atoms with Gasteiger partial charge in [0.15, 0.2) is 11.6 Å². The molecular formula is C24H29N5O2. The van der Waals surface area contributed by atoms with E-state index in [9.17, 15) is 0 Å². The second-order valence-electron chi connectivity index (χ2n) is 7.56. The average Bonchev–Trinajstić information content (AvgIpc) is 2.77. The van der Waals surface area contributed by atoms with Crippen LogP contribution in [-0.2, 0) is 6.54 Å². The Bertz CT molecular complexity index is 1030. The van der Waals surface area contributed by atoms with E-state index in [2.05, 4.69) is 15.8 Å². The molecule has 162 valence electrons. The van der Waals surface area contributed by atoms with E-state index in [1.807, 2.05) is 76.5 Å². The van der Waals surface area contributed by atoms with Gasteiger partial charge in [0.25, 0.3) is 0 Å². The Labute approximate surface area is 183 Å². The molecule has 7 heteroatoms. The summed E-state index contributed by atoms with van der Waals surface area (Å²) in [4.78, 5) is 12.0. The Balaban J connectivity index is 1.76. The van der Waals surface area contributed by atoms with Crippen LogP contribution in [0.3, 0.4) is 0 Å². The first-order valence-electron chi connectivity index (χ1n) is 10.0. The molecular weight excluding hydrogens is 390 g/mol. The van der Waals surface area contributed by atoms with Crippen LogP contribution >= 0.6 is 0 Å². The Morgan fingerprint density at radius 3 is 2.32 bits per heavy atom. The van der Waals surface area contributed by atoms with E-state index in [0.29, 0.717) is 29.7 Å². The third kappa shape index (κ3) is 5.66. The van der Waals surface area contributed by atoms with E-state index in [4.69, 9.17) is 15.0 Å². The summed E-state index contributed by atoms with van der Waals surface area (Å²) in [7, 11) is 5.37. The van der Waals surface area contributed by atoms with Gasteiger partial charge in [-0.2, -0.15) is 0 Å². The molecule has 0 saturated carbocycles. The van der Waals surface area contributed by atoms with E-state index in [-0.39, 0.29) is 0 Å². The van der Waals surface area contributed by atoms with Gasteiger partial charge in [-0.15, -0.1) is 0 Å². The number of pyridine rings is 1. The van der Waals surface area contributed by atoms with E-state index in [1.165, 1.54) is 0 Å². The number of aromatic nitrogens is 1. The molecule has 0 spiro atoms. The standard InChI is InChI=1S/C24H29N5O2/c1-16-6-11-22(26-14-16)28-31-21-13-17(2)12-20(30-5)23(21)27-15-18-7-9-19(10-8-18)24(25)29(3)4/h6-14,25,27H,15H2,1-5H3,(H,26,28). The molecule has 1 heterocycles. The minimum absolute atomic E-state index is 0.478. The quantitative estimate of drug-likeness (QED) is 0.281. The highest BCUT2D eigenvalue weighted by atomic mass is 16.6. The van der Waals surface area contributed by atoms with Gasteiger partial charge in [-0.3, -0.25) is 5.41 Å². The molecule has 0 unspecified atom stereocenters. The third-order valence-corrected chi connectivity index (χ3v) is 4.75. The lowest BCUT2D eigenvalue weighted by molar-refractivity contribution is 0.390. The van der Waals surface area contributed by atoms with Gasteiger partial charge in [0, 0.05) is 32.4 Å². The van der Waals surface area contributed by atoms with Crippen LogP contribution in [0.4, 0.5) is 11.5 Å². The maximum Gasteiger partial charge on any atom is 0.182 e. The van der Waals surface area contributed by atoms with Crippen LogP contribution in [0.25, 0.3) is 0 Å². The Morgan fingerprint density at radius 2 is 1.71 bits per heavy atom. The number of hydrogen-bond donors (Lipinski definition) is 3. The summed E-state index contributed by atoms with van der Waals surface area (Å²) in [5.74, 6) is 2.41. The zero-order chi connectivity index (χ0) is 22.4. The van der Waals surface area contributed by atoms with Crippen molar-refractivity contribution in [1.82, 2.24) is 9.88 Å². The number of rotatable bonds is 8. The van der Waals surface area contributed by atoms with Crippen LogP contribution in [0.5, 0.6) is 11.5 Å². The molecule has 7 nitrogen and oxygen atoms in total. The number of nitrogens with one attached hydrogen (secondary N) is 3. The van der Waals surface area contributed by atoms with E-state index >= 15 is 0 Å². The number of methoxy groups -OCH3 is 1. The lowest BCUT2D eigenvalue weighted by Gasteiger charge is -2.18. The molecule has 0 bridgehead atoms. The monoisotopic (exact) mass is 419 g/mol. The third-order valence-electron chi connectivity index (χ3n) is 4.75. The molecule has 0 saturated heterocycles. The molecule has 3 aromatic rings. The van der Waals surface area contributed by atoms with Gasteiger partial charge < -0.3 is 19.8 Å². The van der Waals surface area contributed by atoms with Gasteiger partial charge in [-0.05, 0) is 48.7 Å². The zero-order valence-corrected chi connectivity index (χ0v) is 18.6. The minimum atomic E-state index is 0.478. The lowest BCUT2D eigenvalue weighted by Crippen LogP contribution is -2.21. The molecule has 0 radical (unpaired) electrons. The largest absolute Gasteiger partial charge is 0.494 e. The van der Waals surface area contributed by atoms with Gasteiger partial charge in [0.2, 0.25) is 0 Å². The topological polar surface area (TPSA) is 82.5 Å². The van der Waals surface area contributed by atoms with Gasteiger partial charge in [-0.25, -0.2) is 10.5 Å². The summed E-state index contributed by atoms with van der Waals surface area (Å²) < 4.78 is 5.58. The van der Waals surface area contributed by atoms with E-state index in [0.717, 1.165) is 27.9 Å². The molecule has 0 aliphatic heterocycles. The van der Waals surface area contributed by atoms with Crippen molar-refractivity contribution in [3.63, 3.8) is 0 Å². The summed E-state index contributed by atoms with van der Waals surface area (Å²) in [5.41, 5.74) is 7.70. The Hall–Kier alpha value is -3.74. The van der Waals surface area contributed by atoms with Crippen molar-refractivity contribution in [2.75, 3.05) is 32.0 Å². The summed E-state index contributed by atoms with van der Waals surface area (Å²) >= 11 is 0. The number of amidine groups is 1. The molecule has 31 heavy (non-hydrogen) atoms. The first-order valence-corrected chi connectivity index (χ1v) is 10.0. The maximum atomic E-state index is 8.09. The van der Waals surface area contributed by atoms with Crippen molar-refractivity contribution in [2.24, 2.45) is 0 Å². The molecule has 3 N–H and O–H groups in total. The lowest BCUT2D eigenvalue weighted by atomic mass is 10.1. The van der Waals surface area contributed by atoms with Crippen LogP contribution in [0.1, 0.15) is 22.3 Å². The highest BCUT2D eigenvalue weighted by molar-refractivity contribution is 5.96. The molecule has 0 aliphatic rings. The Kier molecular flexibility index (Phi) is 6.97. The second kappa shape index (κ2) is 9.84. The molecule has 0 atom stereocenters. The molecule has 3 rings (SSSR count). The fourth-order valence-electron chi connectivity index (χ4n) is 3.00.